The van der Waals surface area contributed by atoms with Crippen LogP contribution in [-0.2, 0) is 9.84 Å². The van der Waals surface area contributed by atoms with Gasteiger partial charge in [0.15, 0.2) is 9.84 Å². The third-order valence-electron chi connectivity index (χ3n) is 8.03. The SMILES string of the molecule is CC(C)(C)CS(=O)(=O)c1cccc(NC(=O)c2ccc(N[C@H]3CC[C@H](O)C3)nc2N2CCC3(CC2)CC3)c1. The molecule has 1 saturated heterocycles. The third kappa shape index (κ3) is 6.31. The number of pyridine rings is 1. The van der Waals surface area contributed by atoms with E-state index in [1.807, 2.05) is 26.8 Å². The smallest absolute Gasteiger partial charge is 0.259 e. The number of rotatable bonds is 7. The first-order valence-electron chi connectivity index (χ1n) is 13.8. The van der Waals surface area contributed by atoms with Crippen molar-refractivity contribution in [2.75, 3.05) is 34.4 Å². The Kier molecular flexibility index (Phi) is 7.20. The summed E-state index contributed by atoms with van der Waals surface area (Å²) in [4.78, 5) is 20.8. The summed E-state index contributed by atoms with van der Waals surface area (Å²) in [6.07, 6.45) is 6.89. The number of hydrogen-bond donors (Lipinski definition) is 3. The molecule has 0 bridgehead atoms. The van der Waals surface area contributed by atoms with E-state index in [2.05, 4.69) is 15.5 Å². The van der Waals surface area contributed by atoms with E-state index in [9.17, 15) is 18.3 Å². The fourth-order valence-corrected chi connectivity index (χ4v) is 7.63. The Bertz CT molecular complexity index is 1290. The summed E-state index contributed by atoms with van der Waals surface area (Å²) in [5.41, 5.74) is 1.03. The molecule has 2 aromatic rings. The van der Waals surface area contributed by atoms with E-state index in [1.54, 1.807) is 24.3 Å². The molecule has 0 radical (unpaired) electrons. The molecule has 8 nitrogen and oxygen atoms in total. The maximum absolute atomic E-state index is 13.5. The Balaban J connectivity index is 1.38. The van der Waals surface area contributed by atoms with Crippen molar-refractivity contribution in [3.8, 4) is 0 Å². The number of hydrogen-bond acceptors (Lipinski definition) is 7. The summed E-state index contributed by atoms with van der Waals surface area (Å²) in [5.74, 6) is 1.07. The van der Waals surface area contributed by atoms with Crippen molar-refractivity contribution in [3.05, 3.63) is 42.0 Å². The number of sulfone groups is 1. The molecule has 5 rings (SSSR count). The highest BCUT2D eigenvalue weighted by Crippen LogP contribution is 2.54. The number of aliphatic hydroxyl groups is 1. The number of nitrogens with one attached hydrogen (secondary N) is 2. The second-order valence-corrected chi connectivity index (χ2v) is 14.7. The monoisotopic (exact) mass is 540 g/mol. The summed E-state index contributed by atoms with van der Waals surface area (Å²) < 4.78 is 25.8. The molecule has 2 aliphatic carbocycles. The molecule has 1 aliphatic heterocycles. The van der Waals surface area contributed by atoms with Crippen molar-refractivity contribution < 1.29 is 18.3 Å². The van der Waals surface area contributed by atoms with Crippen LogP contribution < -0.4 is 15.5 Å². The zero-order valence-corrected chi connectivity index (χ0v) is 23.5. The van der Waals surface area contributed by atoms with Crippen LogP contribution in [0.2, 0.25) is 0 Å². The molecule has 2 saturated carbocycles. The molecule has 2 heterocycles. The normalized spacial score (nSPS) is 22.9. The molecule has 1 aromatic heterocycles. The van der Waals surface area contributed by atoms with Crippen molar-refractivity contribution in [1.29, 1.82) is 0 Å². The molecule has 38 heavy (non-hydrogen) atoms. The van der Waals surface area contributed by atoms with Crippen molar-refractivity contribution in [1.82, 2.24) is 4.98 Å². The summed E-state index contributed by atoms with van der Waals surface area (Å²) in [6.45, 7) is 7.40. The number of anilines is 3. The fourth-order valence-electron chi connectivity index (χ4n) is 5.73. The molecule has 9 heteroatoms. The fraction of sp³-hybridized carbons (Fsp3) is 0.586. The Labute approximate surface area is 226 Å². The lowest BCUT2D eigenvalue weighted by Crippen LogP contribution is -2.36. The highest BCUT2D eigenvalue weighted by molar-refractivity contribution is 7.91. The van der Waals surface area contributed by atoms with Crippen molar-refractivity contribution in [2.24, 2.45) is 10.8 Å². The van der Waals surface area contributed by atoms with Crippen LogP contribution in [0.1, 0.15) is 76.1 Å². The van der Waals surface area contributed by atoms with E-state index < -0.39 is 9.84 Å². The van der Waals surface area contributed by atoms with E-state index in [0.29, 0.717) is 34.7 Å². The van der Waals surface area contributed by atoms with Gasteiger partial charge in [-0.1, -0.05) is 26.8 Å². The minimum atomic E-state index is -3.49. The molecule has 206 valence electrons. The number of aromatic nitrogens is 1. The molecular weight excluding hydrogens is 500 g/mol. The molecule has 3 N–H and O–H groups in total. The lowest BCUT2D eigenvalue weighted by atomic mass is 9.93. The Hall–Kier alpha value is -2.65. The van der Waals surface area contributed by atoms with Crippen molar-refractivity contribution >= 4 is 33.1 Å². The molecule has 0 unspecified atom stereocenters. The number of carbonyl (C=O) groups excluding carboxylic acids is 1. The van der Waals surface area contributed by atoms with Crippen LogP contribution in [0.4, 0.5) is 17.3 Å². The van der Waals surface area contributed by atoms with Gasteiger partial charge in [0.1, 0.15) is 11.6 Å². The van der Waals surface area contributed by atoms with Crippen molar-refractivity contribution in [3.63, 3.8) is 0 Å². The third-order valence-corrected chi connectivity index (χ3v) is 10.2. The van der Waals surface area contributed by atoms with E-state index in [-0.39, 0.29) is 34.1 Å². The number of amides is 1. The quantitative estimate of drug-likeness (QED) is 0.460. The second kappa shape index (κ2) is 10.2. The van der Waals surface area contributed by atoms with E-state index >= 15 is 0 Å². The van der Waals surface area contributed by atoms with E-state index in [4.69, 9.17) is 4.98 Å². The Morgan fingerprint density at radius 1 is 1.11 bits per heavy atom. The number of aliphatic hydroxyl groups excluding tert-OH is 1. The molecular formula is C29H40N4O4S. The van der Waals surface area contributed by atoms with Gasteiger partial charge in [0, 0.05) is 24.8 Å². The van der Waals surface area contributed by atoms with Crippen molar-refractivity contribution in [2.45, 2.75) is 82.8 Å². The van der Waals surface area contributed by atoms with Gasteiger partial charge in [0.05, 0.1) is 22.3 Å². The minimum absolute atomic E-state index is 0.0222. The van der Waals surface area contributed by atoms with Crippen LogP contribution in [0, 0.1) is 10.8 Å². The zero-order chi connectivity index (χ0) is 27.1. The first-order chi connectivity index (χ1) is 17.9. The largest absolute Gasteiger partial charge is 0.393 e. The molecule has 2 atom stereocenters. The minimum Gasteiger partial charge on any atom is -0.393 e. The van der Waals surface area contributed by atoms with E-state index in [0.717, 1.165) is 38.8 Å². The predicted octanol–water partition coefficient (Wildman–Crippen LogP) is 4.86. The summed E-state index contributed by atoms with van der Waals surface area (Å²) in [7, 11) is -3.49. The summed E-state index contributed by atoms with van der Waals surface area (Å²) in [5, 5.41) is 16.3. The van der Waals surface area contributed by atoms with Gasteiger partial charge < -0.3 is 20.6 Å². The lowest BCUT2D eigenvalue weighted by Gasteiger charge is -2.34. The van der Waals surface area contributed by atoms with Gasteiger partial charge in [0.25, 0.3) is 5.91 Å². The van der Waals surface area contributed by atoms with Crippen LogP contribution >= 0.6 is 0 Å². The lowest BCUT2D eigenvalue weighted by molar-refractivity contribution is 0.102. The number of carbonyl (C=O) groups is 1. The summed E-state index contributed by atoms with van der Waals surface area (Å²) in [6, 6.07) is 10.3. The van der Waals surface area contributed by atoms with Gasteiger partial charge in [-0.05, 0) is 86.1 Å². The summed E-state index contributed by atoms with van der Waals surface area (Å²) >= 11 is 0. The van der Waals surface area contributed by atoms with Crippen LogP contribution in [0.5, 0.6) is 0 Å². The average molecular weight is 541 g/mol. The van der Waals surface area contributed by atoms with Gasteiger partial charge in [-0.25, -0.2) is 13.4 Å². The van der Waals surface area contributed by atoms with Gasteiger partial charge in [-0.15, -0.1) is 0 Å². The van der Waals surface area contributed by atoms with Crippen LogP contribution in [0.25, 0.3) is 0 Å². The van der Waals surface area contributed by atoms with Crippen LogP contribution in [-0.4, -0.2) is 55.4 Å². The molecule has 1 amide bonds. The second-order valence-electron chi connectivity index (χ2n) is 12.7. The highest BCUT2D eigenvalue weighted by Gasteiger charge is 2.45. The standard InChI is InChI=1S/C29H40N4O4S/c1-28(2,3)19-38(36,37)23-6-4-5-20(18-23)31-27(35)24-9-10-25(30-21-7-8-22(34)17-21)32-26(24)33-15-13-29(11-12-29)14-16-33/h4-6,9-10,18,21-22,34H,7-8,11-17,19H2,1-3H3,(H,30,32)(H,31,35)/t21-,22-/m0/s1. The maximum atomic E-state index is 13.5. The number of nitrogens with zero attached hydrogens (tertiary/aromatic N) is 2. The topological polar surface area (TPSA) is 112 Å². The maximum Gasteiger partial charge on any atom is 0.259 e. The van der Waals surface area contributed by atoms with Gasteiger partial charge >= 0.3 is 0 Å². The molecule has 1 aromatic carbocycles. The van der Waals surface area contributed by atoms with Gasteiger partial charge in [0.2, 0.25) is 0 Å². The molecule has 3 aliphatic rings. The van der Waals surface area contributed by atoms with Crippen LogP contribution in [0.15, 0.2) is 41.3 Å². The number of piperidine rings is 1. The Morgan fingerprint density at radius 3 is 2.47 bits per heavy atom. The Morgan fingerprint density at radius 2 is 1.84 bits per heavy atom. The first kappa shape index (κ1) is 26.9. The highest BCUT2D eigenvalue weighted by atomic mass is 32.2. The molecule has 3 fully saturated rings. The molecule has 1 spiro atoms. The first-order valence-corrected chi connectivity index (χ1v) is 15.4. The van der Waals surface area contributed by atoms with Crippen LogP contribution in [0.3, 0.4) is 0 Å². The van der Waals surface area contributed by atoms with E-state index in [1.165, 1.54) is 18.9 Å². The average Bonchev–Trinajstić information content (AvgIpc) is 3.47. The predicted molar refractivity (Wildman–Crippen MR) is 151 cm³/mol. The van der Waals surface area contributed by atoms with Gasteiger partial charge in [-0.3, -0.25) is 4.79 Å². The number of benzene rings is 1. The zero-order valence-electron chi connectivity index (χ0n) is 22.7. The van der Waals surface area contributed by atoms with Gasteiger partial charge in [-0.2, -0.15) is 0 Å².